The van der Waals surface area contributed by atoms with Crippen LogP contribution in [-0.4, -0.2) is 46.5 Å². The third-order valence-corrected chi connectivity index (χ3v) is 4.42. The number of carbonyl (C=O) groups excluding carboxylic acids is 1. The number of aryl methyl sites for hydroxylation is 1. The van der Waals surface area contributed by atoms with E-state index in [1.165, 1.54) is 14.2 Å². The molecule has 0 saturated heterocycles. The number of ketones is 1. The number of ether oxygens (including phenoxy) is 2. The molecule has 112 valence electrons. The number of hydrogen-bond donors (Lipinski definition) is 0. The lowest BCUT2D eigenvalue weighted by molar-refractivity contribution is 0.101. The van der Waals surface area contributed by atoms with Crippen molar-refractivity contribution in [3.63, 3.8) is 0 Å². The lowest BCUT2D eigenvalue weighted by Gasteiger charge is -2.09. The zero-order valence-electron chi connectivity index (χ0n) is 12.0. The molecule has 0 spiro atoms. The molecule has 0 amide bonds. The average molecular weight is 300 g/mol. The molecule has 6 heteroatoms. The van der Waals surface area contributed by atoms with E-state index < -0.39 is 21.4 Å². The molecule has 0 aliphatic carbocycles. The quantitative estimate of drug-likeness (QED) is 0.539. The number of hydrogen-bond acceptors (Lipinski definition) is 5. The first-order chi connectivity index (χ1) is 9.39. The highest BCUT2D eigenvalue weighted by atomic mass is 32.2. The zero-order valence-corrected chi connectivity index (χ0v) is 12.8. The van der Waals surface area contributed by atoms with Crippen LogP contribution in [0.4, 0.5) is 0 Å². The number of Topliss-reactive ketones (excluding diaryl/α,β-unsaturated/α-hetero) is 1. The molecule has 0 aliphatic heterocycles. The lowest BCUT2D eigenvalue weighted by atomic mass is 10.1. The molecule has 0 N–H and O–H groups in total. The Labute approximate surface area is 119 Å². The van der Waals surface area contributed by atoms with Gasteiger partial charge in [-0.1, -0.05) is 6.07 Å². The molecule has 20 heavy (non-hydrogen) atoms. The van der Waals surface area contributed by atoms with Gasteiger partial charge in [-0.2, -0.15) is 0 Å². The van der Waals surface area contributed by atoms with Crippen LogP contribution in [0, 0.1) is 6.92 Å². The van der Waals surface area contributed by atoms with E-state index in [1.807, 2.05) is 6.92 Å². The van der Waals surface area contributed by atoms with Crippen molar-refractivity contribution < 1.29 is 22.7 Å². The molecule has 0 atom stereocenters. The van der Waals surface area contributed by atoms with E-state index in [0.29, 0.717) is 24.3 Å². The Morgan fingerprint density at radius 3 is 2.55 bits per heavy atom. The third kappa shape index (κ3) is 4.94. The van der Waals surface area contributed by atoms with Gasteiger partial charge in [-0.15, -0.1) is 0 Å². The highest BCUT2D eigenvalue weighted by Crippen LogP contribution is 2.21. The van der Waals surface area contributed by atoms with Crippen molar-refractivity contribution in [1.82, 2.24) is 0 Å². The van der Waals surface area contributed by atoms with Gasteiger partial charge in [0, 0.05) is 13.7 Å². The average Bonchev–Trinajstić information content (AvgIpc) is 2.37. The molecule has 0 aromatic heterocycles. The Morgan fingerprint density at radius 2 is 1.95 bits per heavy atom. The summed E-state index contributed by atoms with van der Waals surface area (Å²) in [5.74, 6) is -0.599. The molecule has 5 nitrogen and oxygen atoms in total. The summed E-state index contributed by atoms with van der Waals surface area (Å²) in [5.41, 5.74) is 1.25. The molecule has 1 aromatic carbocycles. The standard InChI is InChI=1S/C14H20O5S/c1-11-5-6-12(14(9-11)19-3)13(15)10-20(16,17)8-4-7-18-2/h5-6,9H,4,7-8,10H2,1-3H3. The van der Waals surface area contributed by atoms with Gasteiger partial charge in [0.2, 0.25) is 0 Å². The van der Waals surface area contributed by atoms with Crippen molar-refractivity contribution in [3.05, 3.63) is 29.3 Å². The Hall–Kier alpha value is -1.40. The van der Waals surface area contributed by atoms with E-state index in [0.717, 1.165) is 5.56 Å². The molecule has 0 radical (unpaired) electrons. The van der Waals surface area contributed by atoms with Crippen LogP contribution in [0.15, 0.2) is 18.2 Å². The van der Waals surface area contributed by atoms with E-state index >= 15 is 0 Å². The van der Waals surface area contributed by atoms with E-state index in [9.17, 15) is 13.2 Å². The van der Waals surface area contributed by atoms with Gasteiger partial charge in [-0.25, -0.2) is 8.42 Å². The topological polar surface area (TPSA) is 69.7 Å². The van der Waals surface area contributed by atoms with Crippen LogP contribution in [0.25, 0.3) is 0 Å². The molecule has 0 heterocycles. The van der Waals surface area contributed by atoms with Gasteiger partial charge in [-0.3, -0.25) is 4.79 Å². The summed E-state index contributed by atoms with van der Waals surface area (Å²) in [6, 6.07) is 5.07. The maximum Gasteiger partial charge on any atom is 0.181 e. The maximum atomic E-state index is 12.1. The van der Waals surface area contributed by atoms with Gasteiger partial charge in [-0.05, 0) is 31.0 Å². The normalized spacial score (nSPS) is 11.3. The molecule has 1 aromatic rings. The number of methoxy groups -OCH3 is 2. The van der Waals surface area contributed by atoms with E-state index in [2.05, 4.69) is 0 Å². The zero-order chi connectivity index (χ0) is 15.2. The summed E-state index contributed by atoms with van der Waals surface area (Å²) in [6.07, 6.45) is 0.386. The largest absolute Gasteiger partial charge is 0.496 e. The van der Waals surface area contributed by atoms with Crippen molar-refractivity contribution in [2.75, 3.05) is 32.3 Å². The Balaban J connectivity index is 2.81. The summed E-state index contributed by atoms with van der Waals surface area (Å²) >= 11 is 0. The molecule has 1 rings (SSSR count). The summed E-state index contributed by atoms with van der Waals surface area (Å²) < 4.78 is 33.6. The Morgan fingerprint density at radius 1 is 1.25 bits per heavy atom. The molecule has 0 fully saturated rings. The van der Waals surface area contributed by atoms with E-state index in [1.54, 1.807) is 18.2 Å². The summed E-state index contributed by atoms with van der Waals surface area (Å²) in [6.45, 7) is 2.24. The SMILES string of the molecule is COCCCS(=O)(=O)CC(=O)c1ccc(C)cc1OC. The van der Waals surface area contributed by atoms with E-state index in [-0.39, 0.29) is 5.75 Å². The van der Waals surface area contributed by atoms with Crippen molar-refractivity contribution in [1.29, 1.82) is 0 Å². The molecule has 0 saturated carbocycles. The van der Waals surface area contributed by atoms with Crippen molar-refractivity contribution >= 4 is 15.6 Å². The van der Waals surface area contributed by atoms with Crippen molar-refractivity contribution in [2.45, 2.75) is 13.3 Å². The van der Waals surface area contributed by atoms with Crippen molar-refractivity contribution in [2.24, 2.45) is 0 Å². The van der Waals surface area contributed by atoms with Gasteiger partial charge in [0.1, 0.15) is 11.5 Å². The summed E-state index contributed by atoms with van der Waals surface area (Å²) in [4.78, 5) is 12.1. The van der Waals surface area contributed by atoms with Gasteiger partial charge in [0.25, 0.3) is 0 Å². The first kappa shape index (κ1) is 16.7. The number of benzene rings is 1. The summed E-state index contributed by atoms with van der Waals surface area (Å²) in [5, 5.41) is 0. The fraction of sp³-hybridized carbons (Fsp3) is 0.500. The fourth-order valence-electron chi connectivity index (χ4n) is 1.80. The van der Waals surface area contributed by atoms with Crippen molar-refractivity contribution in [3.8, 4) is 5.75 Å². The second-order valence-electron chi connectivity index (χ2n) is 4.57. The first-order valence-corrected chi connectivity index (χ1v) is 8.09. The number of rotatable bonds is 8. The summed E-state index contributed by atoms with van der Waals surface area (Å²) in [7, 11) is -0.456. The number of sulfone groups is 1. The lowest BCUT2D eigenvalue weighted by Crippen LogP contribution is -2.20. The number of carbonyl (C=O) groups is 1. The van der Waals surface area contributed by atoms with Crippen LogP contribution in [-0.2, 0) is 14.6 Å². The van der Waals surface area contributed by atoms with Crippen LogP contribution in [0.1, 0.15) is 22.3 Å². The van der Waals surface area contributed by atoms with Crippen LogP contribution >= 0.6 is 0 Å². The minimum absolute atomic E-state index is 0.0548. The molecular formula is C14H20O5S. The predicted molar refractivity (Wildman–Crippen MR) is 77.2 cm³/mol. The Kier molecular flexibility index (Phi) is 6.16. The molecule has 0 unspecified atom stereocenters. The predicted octanol–water partition coefficient (Wildman–Crippen LogP) is 1.64. The highest BCUT2D eigenvalue weighted by Gasteiger charge is 2.20. The van der Waals surface area contributed by atoms with E-state index in [4.69, 9.17) is 9.47 Å². The van der Waals surface area contributed by atoms with Gasteiger partial charge in [0.05, 0.1) is 18.4 Å². The maximum absolute atomic E-state index is 12.1. The minimum atomic E-state index is -3.42. The second-order valence-corrected chi connectivity index (χ2v) is 6.75. The van der Waals surface area contributed by atoms with Gasteiger partial charge >= 0.3 is 0 Å². The Bertz CT molecular complexity index is 563. The molecule has 0 bridgehead atoms. The fourth-order valence-corrected chi connectivity index (χ4v) is 3.06. The monoisotopic (exact) mass is 300 g/mol. The van der Waals surface area contributed by atoms with Crippen LogP contribution in [0.5, 0.6) is 5.75 Å². The van der Waals surface area contributed by atoms with Crippen LogP contribution < -0.4 is 4.74 Å². The molecule has 0 aliphatic rings. The first-order valence-electron chi connectivity index (χ1n) is 6.27. The van der Waals surface area contributed by atoms with Crippen LogP contribution in [0.3, 0.4) is 0 Å². The molecular weight excluding hydrogens is 280 g/mol. The van der Waals surface area contributed by atoms with Gasteiger partial charge in [0.15, 0.2) is 15.6 Å². The minimum Gasteiger partial charge on any atom is -0.496 e. The van der Waals surface area contributed by atoms with Crippen LogP contribution in [0.2, 0.25) is 0 Å². The smallest absolute Gasteiger partial charge is 0.181 e. The third-order valence-electron chi connectivity index (χ3n) is 2.81. The van der Waals surface area contributed by atoms with Gasteiger partial charge < -0.3 is 9.47 Å². The second kappa shape index (κ2) is 7.40. The highest BCUT2D eigenvalue weighted by molar-refractivity contribution is 7.92.